The van der Waals surface area contributed by atoms with Crippen molar-refractivity contribution in [3.05, 3.63) is 0 Å². The maximum absolute atomic E-state index is 3.51. The van der Waals surface area contributed by atoms with Crippen molar-refractivity contribution in [1.82, 2.24) is 15.1 Å². The zero-order chi connectivity index (χ0) is 13.0. The third-order valence-electron chi connectivity index (χ3n) is 4.63. The summed E-state index contributed by atoms with van der Waals surface area (Å²) in [6.45, 7) is 10.9. The van der Waals surface area contributed by atoms with Crippen molar-refractivity contribution >= 4 is 0 Å². The van der Waals surface area contributed by atoms with Gasteiger partial charge in [-0.3, -0.25) is 0 Å². The molecule has 2 fully saturated rings. The molecular weight excluding hydrogens is 222 g/mol. The molecule has 1 N–H and O–H groups in total. The minimum atomic E-state index is 0.628. The summed E-state index contributed by atoms with van der Waals surface area (Å²) in [7, 11) is 2.32. The minimum Gasteiger partial charge on any atom is -0.314 e. The number of piperidine rings is 2. The van der Waals surface area contributed by atoms with Gasteiger partial charge in [0.15, 0.2) is 0 Å². The summed E-state index contributed by atoms with van der Waals surface area (Å²) >= 11 is 0. The summed E-state index contributed by atoms with van der Waals surface area (Å²) in [6, 6.07) is 1.51. The Kier molecular flexibility index (Phi) is 5.46. The maximum Gasteiger partial charge on any atom is 0.0145 e. The van der Waals surface area contributed by atoms with Crippen LogP contribution in [0.25, 0.3) is 0 Å². The van der Waals surface area contributed by atoms with Gasteiger partial charge in [-0.25, -0.2) is 0 Å². The van der Waals surface area contributed by atoms with Crippen molar-refractivity contribution in [3.8, 4) is 0 Å². The molecule has 0 bridgehead atoms. The molecule has 0 aliphatic carbocycles. The van der Waals surface area contributed by atoms with Gasteiger partial charge in [0.2, 0.25) is 0 Å². The molecule has 2 saturated heterocycles. The molecule has 0 spiro atoms. The highest BCUT2D eigenvalue weighted by atomic mass is 15.2. The molecule has 3 nitrogen and oxygen atoms in total. The Morgan fingerprint density at radius 3 is 2.83 bits per heavy atom. The molecule has 0 radical (unpaired) electrons. The van der Waals surface area contributed by atoms with Gasteiger partial charge in [0.05, 0.1) is 0 Å². The number of nitrogens with zero attached hydrogens (tertiary/aromatic N) is 2. The van der Waals surface area contributed by atoms with E-state index in [2.05, 4.69) is 36.0 Å². The van der Waals surface area contributed by atoms with Gasteiger partial charge in [-0.2, -0.15) is 0 Å². The smallest absolute Gasteiger partial charge is 0.0145 e. The van der Waals surface area contributed by atoms with E-state index >= 15 is 0 Å². The summed E-state index contributed by atoms with van der Waals surface area (Å²) < 4.78 is 0. The Hall–Kier alpha value is -0.120. The third kappa shape index (κ3) is 3.94. The van der Waals surface area contributed by atoms with E-state index in [0.29, 0.717) is 6.04 Å². The SMILES string of the molecule is CC(C)NCCCN1CCC2C(CCCN2C)C1. The van der Waals surface area contributed by atoms with Gasteiger partial charge in [-0.1, -0.05) is 13.8 Å². The van der Waals surface area contributed by atoms with Crippen LogP contribution in [0.4, 0.5) is 0 Å². The molecule has 0 amide bonds. The molecule has 2 atom stereocenters. The fourth-order valence-electron chi connectivity index (χ4n) is 3.62. The molecule has 18 heavy (non-hydrogen) atoms. The van der Waals surface area contributed by atoms with Crippen molar-refractivity contribution in [2.45, 2.75) is 51.6 Å². The van der Waals surface area contributed by atoms with Gasteiger partial charge >= 0.3 is 0 Å². The quantitative estimate of drug-likeness (QED) is 0.754. The van der Waals surface area contributed by atoms with Crippen LogP contribution in [0.3, 0.4) is 0 Å². The lowest BCUT2D eigenvalue weighted by atomic mass is 9.84. The summed E-state index contributed by atoms with van der Waals surface area (Å²) in [5.74, 6) is 0.940. The molecule has 2 rings (SSSR count). The Bertz CT molecular complexity index is 242. The van der Waals surface area contributed by atoms with Crippen LogP contribution in [-0.4, -0.2) is 61.7 Å². The Morgan fingerprint density at radius 2 is 2.06 bits per heavy atom. The van der Waals surface area contributed by atoms with Crippen LogP contribution < -0.4 is 5.32 Å². The summed E-state index contributed by atoms with van der Waals surface area (Å²) in [5.41, 5.74) is 0. The van der Waals surface area contributed by atoms with Crippen molar-refractivity contribution in [2.24, 2.45) is 5.92 Å². The lowest BCUT2D eigenvalue weighted by Crippen LogP contribution is -2.52. The molecular formula is C15H31N3. The third-order valence-corrected chi connectivity index (χ3v) is 4.63. The Morgan fingerprint density at radius 1 is 1.22 bits per heavy atom. The van der Waals surface area contributed by atoms with E-state index in [1.54, 1.807) is 0 Å². The zero-order valence-electron chi connectivity index (χ0n) is 12.5. The molecule has 2 heterocycles. The van der Waals surface area contributed by atoms with Crippen LogP contribution in [0.15, 0.2) is 0 Å². The molecule has 0 saturated carbocycles. The van der Waals surface area contributed by atoms with Crippen molar-refractivity contribution in [2.75, 3.05) is 39.8 Å². The molecule has 2 aliphatic heterocycles. The standard InChI is InChI=1S/C15H31N3/c1-13(2)16-8-5-10-18-11-7-15-14(12-18)6-4-9-17(15)3/h13-16H,4-12H2,1-3H3. The average Bonchev–Trinajstić information content (AvgIpc) is 2.35. The number of nitrogens with one attached hydrogen (secondary N) is 1. The zero-order valence-corrected chi connectivity index (χ0v) is 12.5. The summed E-state index contributed by atoms with van der Waals surface area (Å²) in [6.07, 6.45) is 5.54. The van der Waals surface area contributed by atoms with Crippen molar-refractivity contribution in [3.63, 3.8) is 0 Å². The van der Waals surface area contributed by atoms with Crippen molar-refractivity contribution < 1.29 is 0 Å². The van der Waals surface area contributed by atoms with Gasteiger partial charge in [0.1, 0.15) is 0 Å². The topological polar surface area (TPSA) is 18.5 Å². The van der Waals surface area contributed by atoms with Crippen LogP contribution in [-0.2, 0) is 0 Å². The van der Waals surface area contributed by atoms with E-state index in [4.69, 9.17) is 0 Å². The minimum absolute atomic E-state index is 0.628. The average molecular weight is 253 g/mol. The monoisotopic (exact) mass is 253 g/mol. The number of fused-ring (bicyclic) bond motifs is 1. The van der Waals surface area contributed by atoms with Crippen molar-refractivity contribution in [1.29, 1.82) is 0 Å². The molecule has 0 aromatic rings. The first-order valence-corrected chi connectivity index (χ1v) is 7.83. The van der Waals surface area contributed by atoms with Gasteiger partial charge in [0, 0.05) is 18.6 Å². The fraction of sp³-hybridized carbons (Fsp3) is 1.00. The highest BCUT2D eigenvalue weighted by Gasteiger charge is 2.33. The van der Waals surface area contributed by atoms with Crippen LogP contribution >= 0.6 is 0 Å². The molecule has 0 aromatic heterocycles. The maximum atomic E-state index is 3.51. The van der Waals surface area contributed by atoms with E-state index < -0.39 is 0 Å². The lowest BCUT2D eigenvalue weighted by Gasteiger charge is -2.46. The molecule has 2 unspecified atom stereocenters. The first-order valence-electron chi connectivity index (χ1n) is 7.83. The van der Waals surface area contributed by atoms with E-state index in [1.165, 1.54) is 58.4 Å². The van der Waals surface area contributed by atoms with E-state index in [0.717, 1.165) is 12.0 Å². The second-order valence-corrected chi connectivity index (χ2v) is 6.50. The van der Waals surface area contributed by atoms with E-state index in [1.807, 2.05) is 0 Å². The normalized spacial score (nSPS) is 30.7. The van der Waals surface area contributed by atoms with Gasteiger partial charge in [-0.05, 0) is 64.8 Å². The molecule has 2 aliphatic rings. The first kappa shape index (κ1) is 14.3. The fourth-order valence-corrected chi connectivity index (χ4v) is 3.62. The number of hydrogen-bond acceptors (Lipinski definition) is 3. The van der Waals surface area contributed by atoms with Crippen LogP contribution in [0, 0.1) is 5.92 Å². The predicted molar refractivity (Wildman–Crippen MR) is 78.0 cm³/mol. The highest BCUT2D eigenvalue weighted by molar-refractivity contribution is 4.89. The molecule has 3 heteroatoms. The second kappa shape index (κ2) is 6.88. The largest absolute Gasteiger partial charge is 0.314 e. The molecule has 0 aromatic carbocycles. The number of likely N-dealkylation sites (tertiary alicyclic amines) is 2. The number of rotatable bonds is 5. The van der Waals surface area contributed by atoms with Gasteiger partial charge in [0.25, 0.3) is 0 Å². The van der Waals surface area contributed by atoms with E-state index in [-0.39, 0.29) is 0 Å². The second-order valence-electron chi connectivity index (χ2n) is 6.50. The Balaban J connectivity index is 1.67. The van der Waals surface area contributed by atoms with Crippen LogP contribution in [0.2, 0.25) is 0 Å². The predicted octanol–water partition coefficient (Wildman–Crippen LogP) is 1.79. The van der Waals surface area contributed by atoms with Crippen LogP contribution in [0.1, 0.15) is 39.5 Å². The highest BCUT2D eigenvalue weighted by Crippen LogP contribution is 2.29. The van der Waals surface area contributed by atoms with Crippen LogP contribution in [0.5, 0.6) is 0 Å². The summed E-state index contributed by atoms with van der Waals surface area (Å²) in [5, 5.41) is 3.51. The van der Waals surface area contributed by atoms with E-state index in [9.17, 15) is 0 Å². The molecule has 106 valence electrons. The summed E-state index contributed by atoms with van der Waals surface area (Å²) in [4.78, 5) is 5.30. The van der Waals surface area contributed by atoms with Gasteiger partial charge < -0.3 is 15.1 Å². The van der Waals surface area contributed by atoms with Gasteiger partial charge in [-0.15, -0.1) is 0 Å². The number of hydrogen-bond donors (Lipinski definition) is 1. The first-order chi connectivity index (χ1) is 8.66. The lowest BCUT2D eigenvalue weighted by molar-refractivity contribution is 0.0382. The Labute approximate surface area is 113 Å².